The Hall–Kier alpha value is -1.62. The highest BCUT2D eigenvalue weighted by molar-refractivity contribution is 7.09. The van der Waals surface area contributed by atoms with Gasteiger partial charge in [-0.25, -0.2) is 0 Å². The number of aryl methyl sites for hydroxylation is 2. The molecule has 2 aromatic heterocycles. The number of nitrogens with zero attached hydrogens (tertiary/aromatic N) is 1. The molecule has 2 aromatic rings. The standard InChI is InChI=1S/C14H19N3OS/c1-2-5-11-10-13(17-16-11)15-14(18)8-3-6-12-7-4-9-19-12/h4,7,9-10H,2-3,5-6,8H2,1H3,(H2,15,16,17,18). The van der Waals surface area contributed by atoms with Gasteiger partial charge in [-0.05, 0) is 30.7 Å². The highest BCUT2D eigenvalue weighted by Gasteiger charge is 2.06. The Labute approximate surface area is 117 Å². The summed E-state index contributed by atoms with van der Waals surface area (Å²) < 4.78 is 0. The summed E-state index contributed by atoms with van der Waals surface area (Å²) in [7, 11) is 0. The van der Waals surface area contributed by atoms with E-state index in [1.54, 1.807) is 11.3 Å². The van der Waals surface area contributed by atoms with Crippen LogP contribution in [-0.2, 0) is 17.6 Å². The van der Waals surface area contributed by atoms with Gasteiger partial charge in [0.05, 0.1) is 0 Å². The molecule has 2 N–H and O–H groups in total. The molecule has 0 atom stereocenters. The molecule has 0 aromatic carbocycles. The highest BCUT2D eigenvalue weighted by atomic mass is 32.1. The number of aromatic nitrogens is 2. The summed E-state index contributed by atoms with van der Waals surface area (Å²) in [6.07, 6.45) is 4.40. The Morgan fingerprint density at radius 2 is 2.37 bits per heavy atom. The molecule has 2 heterocycles. The minimum atomic E-state index is 0.0334. The quantitative estimate of drug-likeness (QED) is 0.815. The number of carbonyl (C=O) groups is 1. The number of anilines is 1. The first-order valence-corrected chi connectivity index (χ1v) is 7.52. The fraction of sp³-hybridized carbons (Fsp3) is 0.429. The molecule has 0 spiro atoms. The monoisotopic (exact) mass is 277 g/mol. The molecule has 1 amide bonds. The molecule has 4 nitrogen and oxygen atoms in total. The second-order valence-corrected chi connectivity index (χ2v) is 5.54. The lowest BCUT2D eigenvalue weighted by molar-refractivity contribution is -0.116. The van der Waals surface area contributed by atoms with Crippen molar-refractivity contribution in [1.29, 1.82) is 0 Å². The Bertz CT molecular complexity index is 505. The summed E-state index contributed by atoms with van der Waals surface area (Å²) in [5.41, 5.74) is 1.07. The first-order valence-electron chi connectivity index (χ1n) is 6.64. The predicted octanol–water partition coefficient (Wildman–Crippen LogP) is 3.39. The van der Waals surface area contributed by atoms with Gasteiger partial charge in [0.1, 0.15) is 0 Å². The van der Waals surface area contributed by atoms with Crippen LogP contribution in [0.2, 0.25) is 0 Å². The lowest BCUT2D eigenvalue weighted by Crippen LogP contribution is -2.11. The van der Waals surface area contributed by atoms with Crippen molar-refractivity contribution in [3.63, 3.8) is 0 Å². The fourth-order valence-electron chi connectivity index (χ4n) is 1.91. The minimum absolute atomic E-state index is 0.0334. The van der Waals surface area contributed by atoms with E-state index in [1.165, 1.54) is 4.88 Å². The van der Waals surface area contributed by atoms with Crippen LogP contribution in [0.25, 0.3) is 0 Å². The van der Waals surface area contributed by atoms with Gasteiger partial charge in [-0.3, -0.25) is 9.89 Å². The van der Waals surface area contributed by atoms with Crippen LogP contribution < -0.4 is 5.32 Å². The fourth-order valence-corrected chi connectivity index (χ4v) is 2.66. The largest absolute Gasteiger partial charge is 0.309 e. The topological polar surface area (TPSA) is 57.8 Å². The van der Waals surface area contributed by atoms with E-state index in [2.05, 4.69) is 33.9 Å². The number of rotatable bonds is 7. The van der Waals surface area contributed by atoms with Gasteiger partial charge in [0.25, 0.3) is 0 Å². The second-order valence-electron chi connectivity index (χ2n) is 4.51. The molecule has 0 aliphatic carbocycles. The van der Waals surface area contributed by atoms with Gasteiger partial charge in [-0.2, -0.15) is 5.10 Å². The molecule has 0 unspecified atom stereocenters. The van der Waals surface area contributed by atoms with Gasteiger partial charge in [-0.1, -0.05) is 19.4 Å². The minimum Gasteiger partial charge on any atom is -0.309 e. The lowest BCUT2D eigenvalue weighted by atomic mass is 10.2. The van der Waals surface area contributed by atoms with Gasteiger partial charge in [0.2, 0.25) is 5.91 Å². The molecule has 19 heavy (non-hydrogen) atoms. The van der Waals surface area contributed by atoms with Gasteiger partial charge < -0.3 is 5.32 Å². The van der Waals surface area contributed by atoms with E-state index in [-0.39, 0.29) is 5.91 Å². The average molecular weight is 277 g/mol. The third-order valence-electron chi connectivity index (χ3n) is 2.82. The number of aromatic amines is 1. The van der Waals surface area contributed by atoms with E-state index in [1.807, 2.05) is 12.1 Å². The van der Waals surface area contributed by atoms with Crippen LogP contribution in [0.15, 0.2) is 23.6 Å². The highest BCUT2D eigenvalue weighted by Crippen LogP contribution is 2.13. The van der Waals surface area contributed by atoms with Crippen LogP contribution in [0.1, 0.15) is 36.8 Å². The van der Waals surface area contributed by atoms with Crippen molar-refractivity contribution in [1.82, 2.24) is 10.2 Å². The maximum Gasteiger partial charge on any atom is 0.225 e. The smallest absolute Gasteiger partial charge is 0.225 e. The summed E-state index contributed by atoms with van der Waals surface area (Å²) in [5, 5.41) is 11.9. The second kappa shape index (κ2) is 7.09. The van der Waals surface area contributed by atoms with E-state index in [9.17, 15) is 4.79 Å². The Kier molecular flexibility index (Phi) is 5.15. The van der Waals surface area contributed by atoms with Crippen LogP contribution in [0, 0.1) is 0 Å². The lowest BCUT2D eigenvalue weighted by Gasteiger charge is -2.00. The first kappa shape index (κ1) is 13.8. The summed E-state index contributed by atoms with van der Waals surface area (Å²) in [5.74, 6) is 0.663. The Morgan fingerprint density at radius 3 is 3.11 bits per heavy atom. The van der Waals surface area contributed by atoms with Gasteiger partial charge in [-0.15, -0.1) is 11.3 Å². The summed E-state index contributed by atoms with van der Waals surface area (Å²) >= 11 is 1.74. The zero-order chi connectivity index (χ0) is 13.5. The van der Waals surface area contributed by atoms with Crippen molar-refractivity contribution in [3.05, 3.63) is 34.2 Å². The maximum atomic E-state index is 11.7. The number of H-pyrrole nitrogens is 1. The third kappa shape index (κ3) is 4.52. The Morgan fingerprint density at radius 1 is 1.47 bits per heavy atom. The molecule has 0 aliphatic rings. The number of amides is 1. The summed E-state index contributed by atoms with van der Waals surface area (Å²) in [6, 6.07) is 6.05. The van der Waals surface area contributed by atoms with E-state index >= 15 is 0 Å². The third-order valence-corrected chi connectivity index (χ3v) is 3.76. The van der Waals surface area contributed by atoms with E-state index in [0.717, 1.165) is 31.4 Å². The van der Waals surface area contributed by atoms with E-state index in [4.69, 9.17) is 0 Å². The van der Waals surface area contributed by atoms with Crippen LogP contribution in [0.3, 0.4) is 0 Å². The zero-order valence-corrected chi connectivity index (χ0v) is 11.9. The Balaban J connectivity index is 1.71. The van der Waals surface area contributed by atoms with Crippen molar-refractivity contribution in [2.45, 2.75) is 39.0 Å². The van der Waals surface area contributed by atoms with Crippen LogP contribution >= 0.6 is 11.3 Å². The number of nitrogens with one attached hydrogen (secondary N) is 2. The molecule has 102 valence electrons. The molecule has 0 aliphatic heterocycles. The molecular formula is C14H19N3OS. The van der Waals surface area contributed by atoms with Crippen molar-refractivity contribution < 1.29 is 4.79 Å². The zero-order valence-electron chi connectivity index (χ0n) is 11.1. The predicted molar refractivity (Wildman–Crippen MR) is 78.5 cm³/mol. The molecule has 2 rings (SSSR count). The average Bonchev–Trinajstić information content (AvgIpc) is 3.02. The van der Waals surface area contributed by atoms with Gasteiger partial charge in [0, 0.05) is 23.1 Å². The number of carbonyl (C=O) groups excluding carboxylic acids is 1. The maximum absolute atomic E-state index is 11.7. The van der Waals surface area contributed by atoms with Gasteiger partial charge in [0.15, 0.2) is 5.82 Å². The number of hydrogen-bond donors (Lipinski definition) is 2. The molecule has 0 radical (unpaired) electrons. The van der Waals surface area contributed by atoms with E-state index < -0.39 is 0 Å². The normalized spacial score (nSPS) is 10.6. The van der Waals surface area contributed by atoms with Crippen molar-refractivity contribution in [2.24, 2.45) is 0 Å². The summed E-state index contributed by atoms with van der Waals surface area (Å²) in [4.78, 5) is 13.1. The van der Waals surface area contributed by atoms with Crippen molar-refractivity contribution >= 4 is 23.1 Å². The molecule has 0 fully saturated rings. The van der Waals surface area contributed by atoms with Crippen LogP contribution in [0.4, 0.5) is 5.82 Å². The van der Waals surface area contributed by atoms with Crippen molar-refractivity contribution in [3.8, 4) is 0 Å². The molecular weight excluding hydrogens is 258 g/mol. The van der Waals surface area contributed by atoms with Gasteiger partial charge >= 0.3 is 0 Å². The molecule has 0 saturated carbocycles. The molecule has 0 bridgehead atoms. The van der Waals surface area contributed by atoms with Crippen LogP contribution in [-0.4, -0.2) is 16.1 Å². The number of hydrogen-bond acceptors (Lipinski definition) is 3. The SMILES string of the molecule is CCCc1cc(NC(=O)CCCc2cccs2)n[nH]1. The van der Waals surface area contributed by atoms with Crippen LogP contribution in [0.5, 0.6) is 0 Å². The first-order chi connectivity index (χ1) is 9.28. The van der Waals surface area contributed by atoms with Crippen molar-refractivity contribution in [2.75, 3.05) is 5.32 Å². The van der Waals surface area contributed by atoms with E-state index in [0.29, 0.717) is 12.2 Å². The number of thiophene rings is 1. The molecule has 0 saturated heterocycles. The summed E-state index contributed by atoms with van der Waals surface area (Å²) in [6.45, 7) is 2.11. The molecule has 5 heteroatoms.